The van der Waals surface area contributed by atoms with Gasteiger partial charge in [0.25, 0.3) is 0 Å². The van der Waals surface area contributed by atoms with E-state index in [1.54, 1.807) is 0 Å². The summed E-state index contributed by atoms with van der Waals surface area (Å²) in [5.41, 5.74) is 9.33. The summed E-state index contributed by atoms with van der Waals surface area (Å²) < 4.78 is 3.32. The molecule has 0 saturated heterocycles. The molecular formula is C27H20BrN. The Balaban J connectivity index is 1.64. The van der Waals surface area contributed by atoms with Crippen LogP contribution in [0.2, 0.25) is 0 Å². The van der Waals surface area contributed by atoms with Crippen LogP contribution >= 0.6 is 15.9 Å². The van der Waals surface area contributed by atoms with Crippen LogP contribution < -0.4 is 10.4 Å². The fourth-order valence-corrected chi connectivity index (χ4v) is 5.58. The van der Waals surface area contributed by atoms with Crippen molar-refractivity contribution < 1.29 is 0 Å². The number of rotatable bonds is 1. The molecule has 0 unspecified atom stereocenters. The average Bonchev–Trinajstić information content (AvgIpc) is 3.26. The minimum absolute atomic E-state index is 0.0548. The predicted molar refractivity (Wildman–Crippen MR) is 125 cm³/mol. The largest absolute Gasteiger partial charge is 0.323 e. The lowest BCUT2D eigenvalue weighted by Crippen LogP contribution is -2.31. The summed E-state index contributed by atoms with van der Waals surface area (Å²) in [7, 11) is 0. The van der Waals surface area contributed by atoms with E-state index in [0.717, 1.165) is 10.2 Å². The Morgan fingerprint density at radius 2 is 1.76 bits per heavy atom. The zero-order valence-corrected chi connectivity index (χ0v) is 18.0. The van der Waals surface area contributed by atoms with Gasteiger partial charge in [0.05, 0.1) is 0 Å². The molecule has 0 saturated carbocycles. The first-order valence-corrected chi connectivity index (χ1v) is 10.8. The summed E-state index contributed by atoms with van der Waals surface area (Å²) in [6, 6.07) is 21.8. The lowest BCUT2D eigenvalue weighted by Gasteiger charge is -2.33. The molecule has 29 heavy (non-hydrogen) atoms. The Kier molecular flexibility index (Phi) is 3.43. The van der Waals surface area contributed by atoms with Crippen molar-refractivity contribution in [2.45, 2.75) is 19.3 Å². The predicted octanol–water partition coefficient (Wildman–Crippen LogP) is 5.66. The molecule has 3 aliphatic carbocycles. The molecule has 0 atom stereocenters. The Morgan fingerprint density at radius 3 is 2.62 bits per heavy atom. The minimum atomic E-state index is -0.0548. The van der Waals surface area contributed by atoms with E-state index >= 15 is 0 Å². The van der Waals surface area contributed by atoms with Gasteiger partial charge in [-0.1, -0.05) is 60.1 Å². The number of allylic oxidation sites excluding steroid dienone is 1. The van der Waals surface area contributed by atoms with Gasteiger partial charge in [-0.15, -0.1) is 0 Å². The molecule has 0 N–H and O–H groups in total. The molecule has 0 spiro atoms. The molecule has 0 fully saturated rings. The quantitative estimate of drug-likeness (QED) is 0.361. The third-order valence-electron chi connectivity index (χ3n) is 6.36. The summed E-state index contributed by atoms with van der Waals surface area (Å²) in [5, 5.41) is 2.71. The third kappa shape index (κ3) is 2.39. The maximum absolute atomic E-state index is 3.60. The molecule has 0 bridgehead atoms. The lowest BCUT2D eigenvalue weighted by atomic mass is 9.70. The van der Waals surface area contributed by atoms with E-state index in [1.807, 2.05) is 0 Å². The van der Waals surface area contributed by atoms with E-state index in [-0.39, 0.29) is 5.41 Å². The van der Waals surface area contributed by atoms with Crippen LogP contribution in [0.15, 0.2) is 83.1 Å². The maximum atomic E-state index is 3.60. The number of aromatic nitrogens is 1. The number of nitrogens with zero attached hydrogens (tertiary/aromatic N) is 1. The Bertz CT molecular complexity index is 1430. The highest BCUT2D eigenvalue weighted by Gasteiger charge is 2.38. The van der Waals surface area contributed by atoms with E-state index in [2.05, 4.69) is 120 Å². The summed E-state index contributed by atoms with van der Waals surface area (Å²) >= 11 is 3.60. The molecule has 1 heterocycles. The summed E-state index contributed by atoms with van der Waals surface area (Å²) in [6.07, 6.45) is 9.17. The number of benzene rings is 2. The first-order chi connectivity index (χ1) is 14.0. The van der Waals surface area contributed by atoms with Crippen LogP contribution in [-0.2, 0) is 5.41 Å². The number of hydrogen-bond acceptors (Lipinski definition) is 0. The van der Waals surface area contributed by atoms with Crippen molar-refractivity contribution in [1.82, 2.24) is 4.57 Å². The fraction of sp³-hybridized carbons (Fsp3) is 0.111. The number of fused-ring (bicyclic) bond motifs is 5. The molecule has 2 aromatic carbocycles. The maximum Gasteiger partial charge on any atom is 0.0460 e. The first-order valence-electron chi connectivity index (χ1n) is 9.97. The van der Waals surface area contributed by atoms with Gasteiger partial charge >= 0.3 is 0 Å². The van der Waals surface area contributed by atoms with Gasteiger partial charge in [-0.05, 0) is 80.8 Å². The number of pyridine rings is 1. The molecule has 2 aromatic rings. The third-order valence-corrected chi connectivity index (χ3v) is 6.85. The molecule has 140 valence electrons. The SMILES string of the molecule is CC1(C)C2=c3ccccc3=CC2=Cc2cc3ccn(-c4cccc(Br)c4)cc-3c21. The van der Waals surface area contributed by atoms with Crippen LogP contribution in [0.3, 0.4) is 0 Å². The van der Waals surface area contributed by atoms with Crippen molar-refractivity contribution in [2.75, 3.05) is 0 Å². The highest BCUT2D eigenvalue weighted by atomic mass is 79.9. The van der Waals surface area contributed by atoms with Gasteiger partial charge in [-0.25, -0.2) is 0 Å². The van der Waals surface area contributed by atoms with Gasteiger partial charge in [0.2, 0.25) is 0 Å². The van der Waals surface area contributed by atoms with Crippen LogP contribution in [-0.4, -0.2) is 4.57 Å². The standard InChI is InChI=1S/C27H20BrN/c1-27(2)25-19(12-17-6-3-4-9-23(17)25)14-20-13-18-10-11-29(16-24(18)26(20)27)22-8-5-7-21(28)15-22/h3-16H,1-2H3. The van der Waals surface area contributed by atoms with Crippen molar-refractivity contribution in [3.63, 3.8) is 0 Å². The van der Waals surface area contributed by atoms with Gasteiger partial charge in [0, 0.05) is 33.5 Å². The molecule has 6 rings (SSSR count). The molecule has 4 aliphatic rings. The van der Waals surface area contributed by atoms with Crippen molar-refractivity contribution in [2.24, 2.45) is 0 Å². The zero-order valence-electron chi connectivity index (χ0n) is 16.4. The van der Waals surface area contributed by atoms with E-state index in [9.17, 15) is 0 Å². The molecule has 2 heteroatoms. The van der Waals surface area contributed by atoms with E-state index in [1.165, 1.54) is 43.8 Å². The second-order valence-corrected chi connectivity index (χ2v) is 9.42. The molecular weight excluding hydrogens is 418 g/mol. The Hall–Kier alpha value is -2.84. The normalized spacial score (nSPS) is 16.1. The minimum Gasteiger partial charge on any atom is -0.323 e. The van der Waals surface area contributed by atoms with Crippen LogP contribution in [0, 0.1) is 0 Å². The lowest BCUT2D eigenvalue weighted by molar-refractivity contribution is 0.689. The van der Waals surface area contributed by atoms with Crippen LogP contribution in [0.25, 0.3) is 34.5 Å². The van der Waals surface area contributed by atoms with Gasteiger partial charge in [-0.3, -0.25) is 0 Å². The average molecular weight is 438 g/mol. The molecule has 0 radical (unpaired) electrons. The smallest absolute Gasteiger partial charge is 0.0460 e. The van der Waals surface area contributed by atoms with E-state index in [4.69, 9.17) is 0 Å². The molecule has 0 aromatic heterocycles. The number of halogens is 1. The fourth-order valence-electron chi connectivity index (χ4n) is 5.20. The second-order valence-electron chi connectivity index (χ2n) is 8.51. The second kappa shape index (κ2) is 5.84. The van der Waals surface area contributed by atoms with Crippen LogP contribution in [0.5, 0.6) is 0 Å². The topological polar surface area (TPSA) is 4.93 Å². The molecule has 1 aliphatic heterocycles. The number of hydrogen-bond donors (Lipinski definition) is 0. The van der Waals surface area contributed by atoms with Gasteiger partial charge in [0.15, 0.2) is 0 Å². The highest BCUT2D eigenvalue weighted by molar-refractivity contribution is 9.10. The van der Waals surface area contributed by atoms with Crippen molar-refractivity contribution >= 4 is 33.7 Å². The first kappa shape index (κ1) is 17.1. The summed E-state index contributed by atoms with van der Waals surface area (Å²) in [5.74, 6) is 0. The van der Waals surface area contributed by atoms with Gasteiger partial charge in [0.1, 0.15) is 0 Å². The summed E-state index contributed by atoms with van der Waals surface area (Å²) in [6.45, 7) is 4.75. The van der Waals surface area contributed by atoms with Crippen LogP contribution in [0.4, 0.5) is 0 Å². The van der Waals surface area contributed by atoms with Crippen LogP contribution in [0.1, 0.15) is 25.0 Å². The highest BCUT2D eigenvalue weighted by Crippen LogP contribution is 2.50. The van der Waals surface area contributed by atoms with Gasteiger partial charge < -0.3 is 4.57 Å². The Morgan fingerprint density at radius 1 is 0.897 bits per heavy atom. The van der Waals surface area contributed by atoms with E-state index < -0.39 is 0 Å². The summed E-state index contributed by atoms with van der Waals surface area (Å²) in [4.78, 5) is 0. The monoisotopic (exact) mass is 437 g/mol. The molecule has 1 nitrogen and oxygen atoms in total. The van der Waals surface area contributed by atoms with E-state index in [0.29, 0.717) is 0 Å². The van der Waals surface area contributed by atoms with Crippen molar-refractivity contribution in [1.29, 1.82) is 0 Å². The Labute approximate surface area is 178 Å². The van der Waals surface area contributed by atoms with Crippen molar-refractivity contribution in [3.05, 3.63) is 105 Å². The molecule has 0 amide bonds. The zero-order chi connectivity index (χ0) is 19.8. The van der Waals surface area contributed by atoms with Gasteiger partial charge in [-0.2, -0.15) is 0 Å². The van der Waals surface area contributed by atoms with Crippen molar-refractivity contribution in [3.8, 4) is 16.8 Å².